The summed E-state index contributed by atoms with van der Waals surface area (Å²) < 4.78 is 13.0. The summed E-state index contributed by atoms with van der Waals surface area (Å²) in [6.45, 7) is 1.75. The van der Waals surface area contributed by atoms with Crippen LogP contribution in [0, 0.1) is 5.82 Å². The number of benzene rings is 1. The summed E-state index contributed by atoms with van der Waals surface area (Å²) in [5.41, 5.74) is 0.682. The van der Waals surface area contributed by atoms with Gasteiger partial charge in [-0.15, -0.1) is 0 Å². The summed E-state index contributed by atoms with van der Waals surface area (Å²) in [6.07, 6.45) is 0.435. The maximum atomic E-state index is 13.0. The molecule has 1 amide bonds. The van der Waals surface area contributed by atoms with Crippen LogP contribution < -0.4 is 5.32 Å². The van der Waals surface area contributed by atoms with E-state index in [1.165, 1.54) is 12.1 Å². The van der Waals surface area contributed by atoms with Gasteiger partial charge < -0.3 is 10.4 Å². The molecule has 2 N–H and O–H groups in total. The van der Waals surface area contributed by atoms with E-state index in [0.29, 0.717) is 12.0 Å². The molecule has 0 saturated carbocycles. The molecule has 0 bridgehead atoms. The number of halogens is 1. The standard InChI is InChI=1S/C13H16FNO3/c1-9(10-4-2-5-11(14)8-10)15-12(16)6-3-7-13(17)18/h2,4-5,8-9H,3,6-7H2,1H3,(H,15,16)(H,17,18)/t9-/m1/s1. The van der Waals surface area contributed by atoms with E-state index >= 15 is 0 Å². The van der Waals surface area contributed by atoms with Crippen molar-refractivity contribution in [2.75, 3.05) is 0 Å². The molecule has 1 aromatic rings. The Labute approximate surface area is 105 Å². The molecule has 0 aliphatic heterocycles. The highest BCUT2D eigenvalue weighted by Gasteiger charge is 2.10. The first kappa shape index (κ1) is 14.2. The first-order chi connectivity index (χ1) is 8.49. The topological polar surface area (TPSA) is 66.4 Å². The number of amides is 1. The molecular weight excluding hydrogens is 237 g/mol. The summed E-state index contributed by atoms with van der Waals surface area (Å²) in [5.74, 6) is -1.49. The van der Waals surface area contributed by atoms with Gasteiger partial charge in [0.15, 0.2) is 0 Å². The zero-order valence-electron chi connectivity index (χ0n) is 10.1. The number of hydrogen-bond donors (Lipinski definition) is 2. The van der Waals surface area contributed by atoms with Gasteiger partial charge in [0.2, 0.25) is 5.91 Å². The van der Waals surface area contributed by atoms with Crippen molar-refractivity contribution >= 4 is 11.9 Å². The molecule has 0 aliphatic rings. The van der Waals surface area contributed by atoms with E-state index in [1.807, 2.05) is 0 Å². The van der Waals surface area contributed by atoms with Crippen LogP contribution in [0.4, 0.5) is 4.39 Å². The Morgan fingerprint density at radius 3 is 2.72 bits per heavy atom. The van der Waals surface area contributed by atoms with Gasteiger partial charge in [0.1, 0.15) is 5.82 Å². The molecule has 1 aromatic carbocycles. The zero-order valence-corrected chi connectivity index (χ0v) is 10.1. The van der Waals surface area contributed by atoms with E-state index < -0.39 is 5.97 Å². The number of aliphatic carboxylic acids is 1. The average Bonchev–Trinajstić information content (AvgIpc) is 2.28. The molecule has 1 atom stereocenters. The Hall–Kier alpha value is -1.91. The minimum atomic E-state index is -0.916. The fourth-order valence-corrected chi connectivity index (χ4v) is 1.57. The number of rotatable bonds is 6. The lowest BCUT2D eigenvalue weighted by Crippen LogP contribution is -2.26. The van der Waals surface area contributed by atoms with Crippen molar-refractivity contribution in [1.82, 2.24) is 5.32 Å². The highest BCUT2D eigenvalue weighted by atomic mass is 19.1. The Kier molecular flexibility index (Phi) is 5.30. The van der Waals surface area contributed by atoms with E-state index in [9.17, 15) is 14.0 Å². The van der Waals surface area contributed by atoms with Gasteiger partial charge in [0.05, 0.1) is 6.04 Å². The number of carbonyl (C=O) groups is 2. The van der Waals surface area contributed by atoms with Crippen molar-refractivity contribution in [3.8, 4) is 0 Å². The van der Waals surface area contributed by atoms with Gasteiger partial charge in [-0.2, -0.15) is 0 Å². The van der Waals surface area contributed by atoms with Gasteiger partial charge in [-0.05, 0) is 31.0 Å². The summed E-state index contributed by atoms with van der Waals surface area (Å²) in [5, 5.41) is 11.1. The molecule has 0 aromatic heterocycles. The maximum absolute atomic E-state index is 13.0. The highest BCUT2D eigenvalue weighted by molar-refractivity contribution is 5.77. The normalized spacial score (nSPS) is 11.9. The number of nitrogens with one attached hydrogen (secondary N) is 1. The van der Waals surface area contributed by atoms with Crippen molar-refractivity contribution in [2.45, 2.75) is 32.2 Å². The molecule has 98 valence electrons. The van der Waals surface area contributed by atoms with Crippen molar-refractivity contribution in [3.05, 3.63) is 35.6 Å². The number of carboxylic acid groups (broad SMARTS) is 1. The smallest absolute Gasteiger partial charge is 0.303 e. The van der Waals surface area contributed by atoms with Crippen LogP contribution in [0.15, 0.2) is 24.3 Å². The molecular formula is C13H16FNO3. The summed E-state index contributed by atoms with van der Waals surface area (Å²) in [4.78, 5) is 21.8. The second-order valence-electron chi connectivity index (χ2n) is 4.09. The summed E-state index contributed by atoms with van der Waals surface area (Å²) in [7, 11) is 0. The van der Waals surface area contributed by atoms with Gasteiger partial charge in [0, 0.05) is 12.8 Å². The van der Waals surface area contributed by atoms with Gasteiger partial charge in [-0.1, -0.05) is 12.1 Å². The van der Waals surface area contributed by atoms with Crippen molar-refractivity contribution < 1.29 is 19.1 Å². The predicted molar refractivity (Wildman–Crippen MR) is 64.4 cm³/mol. The minimum absolute atomic E-state index is 0.0260. The van der Waals surface area contributed by atoms with Crippen LogP contribution in [0.3, 0.4) is 0 Å². The molecule has 0 unspecified atom stereocenters. The zero-order chi connectivity index (χ0) is 13.5. The van der Waals surface area contributed by atoms with E-state index in [0.717, 1.165) is 0 Å². The van der Waals surface area contributed by atoms with Crippen LogP contribution >= 0.6 is 0 Å². The molecule has 0 saturated heterocycles. The Balaban J connectivity index is 2.42. The first-order valence-corrected chi connectivity index (χ1v) is 5.75. The van der Waals surface area contributed by atoms with Crippen LogP contribution in [0.1, 0.15) is 37.8 Å². The average molecular weight is 253 g/mol. The van der Waals surface area contributed by atoms with Crippen molar-refractivity contribution in [1.29, 1.82) is 0 Å². The molecule has 0 fully saturated rings. The maximum Gasteiger partial charge on any atom is 0.303 e. The van der Waals surface area contributed by atoms with Gasteiger partial charge >= 0.3 is 5.97 Å². The van der Waals surface area contributed by atoms with Crippen LogP contribution in [-0.2, 0) is 9.59 Å². The second-order valence-corrected chi connectivity index (χ2v) is 4.09. The number of carboxylic acids is 1. The quantitative estimate of drug-likeness (QED) is 0.817. The van der Waals surface area contributed by atoms with Crippen molar-refractivity contribution in [3.63, 3.8) is 0 Å². The van der Waals surface area contributed by atoms with Crippen LogP contribution in [0.25, 0.3) is 0 Å². The molecule has 0 heterocycles. The Bertz CT molecular complexity index is 434. The first-order valence-electron chi connectivity index (χ1n) is 5.75. The largest absolute Gasteiger partial charge is 0.481 e. The lowest BCUT2D eigenvalue weighted by Gasteiger charge is -2.14. The predicted octanol–water partition coefficient (Wildman–Crippen LogP) is 2.26. The number of carbonyl (C=O) groups excluding carboxylic acids is 1. The monoisotopic (exact) mass is 253 g/mol. The Morgan fingerprint density at radius 1 is 1.39 bits per heavy atom. The third kappa shape index (κ3) is 4.95. The van der Waals surface area contributed by atoms with Crippen molar-refractivity contribution in [2.24, 2.45) is 0 Å². The third-order valence-electron chi connectivity index (χ3n) is 2.52. The summed E-state index contributed by atoms with van der Waals surface area (Å²) in [6, 6.07) is 5.72. The van der Waals surface area contributed by atoms with E-state index in [-0.39, 0.29) is 30.6 Å². The minimum Gasteiger partial charge on any atom is -0.481 e. The molecule has 0 spiro atoms. The molecule has 4 nitrogen and oxygen atoms in total. The number of hydrogen-bond acceptors (Lipinski definition) is 2. The van der Waals surface area contributed by atoms with E-state index in [4.69, 9.17) is 5.11 Å². The lowest BCUT2D eigenvalue weighted by atomic mass is 10.1. The van der Waals surface area contributed by atoms with Crippen LogP contribution in [-0.4, -0.2) is 17.0 Å². The van der Waals surface area contributed by atoms with E-state index in [2.05, 4.69) is 5.32 Å². The third-order valence-corrected chi connectivity index (χ3v) is 2.52. The summed E-state index contributed by atoms with van der Waals surface area (Å²) >= 11 is 0. The fourth-order valence-electron chi connectivity index (χ4n) is 1.57. The fraction of sp³-hybridized carbons (Fsp3) is 0.385. The van der Waals surface area contributed by atoms with Crippen LogP contribution in [0.2, 0.25) is 0 Å². The molecule has 1 rings (SSSR count). The lowest BCUT2D eigenvalue weighted by molar-refractivity contribution is -0.137. The molecule has 0 aliphatic carbocycles. The van der Waals surface area contributed by atoms with Crippen LogP contribution in [0.5, 0.6) is 0 Å². The van der Waals surface area contributed by atoms with Gasteiger partial charge in [-0.3, -0.25) is 9.59 Å². The van der Waals surface area contributed by atoms with E-state index in [1.54, 1.807) is 19.1 Å². The van der Waals surface area contributed by atoms with Gasteiger partial charge in [-0.25, -0.2) is 4.39 Å². The SMILES string of the molecule is C[C@@H](NC(=O)CCCC(=O)O)c1cccc(F)c1. The Morgan fingerprint density at radius 2 is 2.11 bits per heavy atom. The second kappa shape index (κ2) is 6.74. The molecule has 18 heavy (non-hydrogen) atoms. The molecule has 5 heteroatoms. The highest BCUT2D eigenvalue weighted by Crippen LogP contribution is 2.13. The molecule has 0 radical (unpaired) electrons. The van der Waals surface area contributed by atoms with Gasteiger partial charge in [0.25, 0.3) is 0 Å².